The summed E-state index contributed by atoms with van der Waals surface area (Å²) in [7, 11) is -3.20. The van der Waals surface area contributed by atoms with E-state index in [1.807, 2.05) is 6.07 Å². The van der Waals surface area contributed by atoms with E-state index in [0.717, 1.165) is 11.1 Å². The molecular formula is C12H17NO3S. The second kappa shape index (κ2) is 4.31. The van der Waals surface area contributed by atoms with E-state index < -0.39 is 15.3 Å². The van der Waals surface area contributed by atoms with Gasteiger partial charge < -0.3 is 5.11 Å². The zero-order valence-corrected chi connectivity index (χ0v) is 10.9. The third-order valence-electron chi connectivity index (χ3n) is 3.12. The molecule has 0 radical (unpaired) electrons. The van der Waals surface area contributed by atoms with Gasteiger partial charge in [0, 0.05) is 13.1 Å². The monoisotopic (exact) mass is 255 g/mol. The van der Waals surface area contributed by atoms with E-state index >= 15 is 0 Å². The van der Waals surface area contributed by atoms with Crippen LogP contribution >= 0.6 is 0 Å². The van der Waals surface area contributed by atoms with Crippen LogP contribution in [0.1, 0.15) is 25.0 Å². The van der Waals surface area contributed by atoms with Gasteiger partial charge in [-0.25, -0.2) is 8.42 Å². The predicted octanol–water partition coefficient (Wildman–Crippen LogP) is 1.49. The third-order valence-corrected chi connectivity index (χ3v) is 5.35. The van der Waals surface area contributed by atoms with E-state index in [2.05, 4.69) is 0 Å². The number of aromatic hydroxyl groups is 1. The van der Waals surface area contributed by atoms with Crippen molar-refractivity contribution in [1.29, 1.82) is 0 Å². The Hall–Kier alpha value is -1.07. The van der Waals surface area contributed by atoms with E-state index in [4.69, 9.17) is 0 Å². The Morgan fingerprint density at radius 1 is 1.29 bits per heavy atom. The lowest BCUT2D eigenvalue weighted by Crippen LogP contribution is -2.39. The lowest BCUT2D eigenvalue weighted by molar-refractivity contribution is 0.384. The van der Waals surface area contributed by atoms with Gasteiger partial charge in [-0.05, 0) is 43.5 Å². The topological polar surface area (TPSA) is 57.6 Å². The average molecular weight is 255 g/mol. The minimum atomic E-state index is -3.20. The van der Waals surface area contributed by atoms with Crippen LogP contribution in [0.4, 0.5) is 0 Å². The molecule has 1 aromatic carbocycles. The maximum absolute atomic E-state index is 12.0. The number of phenols is 1. The number of hydrogen-bond donors (Lipinski definition) is 1. The fourth-order valence-electron chi connectivity index (χ4n) is 2.03. The molecule has 0 spiro atoms. The number of fused-ring (bicyclic) bond motifs is 1. The van der Waals surface area contributed by atoms with Gasteiger partial charge in [-0.1, -0.05) is 6.07 Å². The van der Waals surface area contributed by atoms with Crippen molar-refractivity contribution in [3.8, 4) is 5.75 Å². The van der Waals surface area contributed by atoms with E-state index in [1.165, 1.54) is 4.31 Å². The van der Waals surface area contributed by atoms with Gasteiger partial charge in [0.25, 0.3) is 0 Å². The molecule has 17 heavy (non-hydrogen) atoms. The van der Waals surface area contributed by atoms with Gasteiger partial charge in [0.1, 0.15) is 5.75 Å². The molecule has 1 aliphatic rings. The van der Waals surface area contributed by atoms with Crippen LogP contribution in [0, 0.1) is 0 Å². The zero-order valence-electron chi connectivity index (χ0n) is 10.0. The van der Waals surface area contributed by atoms with Crippen LogP contribution < -0.4 is 0 Å². The Labute approximate surface area is 102 Å². The lowest BCUT2D eigenvalue weighted by Gasteiger charge is -2.29. The second-order valence-electron chi connectivity index (χ2n) is 4.63. The van der Waals surface area contributed by atoms with Crippen LogP contribution in [0.25, 0.3) is 0 Å². The third kappa shape index (κ3) is 2.30. The van der Waals surface area contributed by atoms with Crippen molar-refractivity contribution in [2.45, 2.75) is 32.1 Å². The molecule has 1 heterocycles. The summed E-state index contributed by atoms with van der Waals surface area (Å²) in [5.74, 6) is 0.188. The fraction of sp³-hybridized carbons (Fsp3) is 0.500. The summed E-state index contributed by atoms with van der Waals surface area (Å²) < 4.78 is 25.6. The highest BCUT2D eigenvalue weighted by molar-refractivity contribution is 7.89. The summed E-state index contributed by atoms with van der Waals surface area (Å²) in [5, 5.41) is 9.02. The number of rotatable bonds is 2. The molecule has 1 N–H and O–H groups in total. The molecule has 0 atom stereocenters. The Kier molecular flexibility index (Phi) is 3.14. The molecule has 0 fully saturated rings. The van der Waals surface area contributed by atoms with Crippen molar-refractivity contribution >= 4 is 10.0 Å². The highest BCUT2D eigenvalue weighted by atomic mass is 32.2. The zero-order chi connectivity index (χ0) is 12.6. The summed E-state index contributed by atoms with van der Waals surface area (Å²) >= 11 is 0. The predicted molar refractivity (Wildman–Crippen MR) is 66.3 cm³/mol. The molecule has 0 aromatic heterocycles. The summed E-state index contributed by atoms with van der Waals surface area (Å²) in [6.45, 7) is 4.27. The van der Waals surface area contributed by atoms with Crippen LogP contribution in [0.2, 0.25) is 0 Å². The Balaban J connectivity index is 2.30. The normalized spacial score (nSPS) is 17.1. The van der Waals surface area contributed by atoms with Crippen molar-refractivity contribution in [2.24, 2.45) is 0 Å². The Morgan fingerprint density at radius 3 is 2.65 bits per heavy atom. The van der Waals surface area contributed by atoms with Crippen molar-refractivity contribution in [1.82, 2.24) is 4.31 Å². The molecule has 5 heteroatoms. The Bertz CT molecular complexity index is 523. The lowest BCUT2D eigenvalue weighted by atomic mass is 10.0. The first kappa shape index (κ1) is 12.4. The van der Waals surface area contributed by atoms with Gasteiger partial charge in [-0.15, -0.1) is 0 Å². The quantitative estimate of drug-likeness (QED) is 0.871. The van der Waals surface area contributed by atoms with Crippen LogP contribution in [0.5, 0.6) is 5.75 Å². The van der Waals surface area contributed by atoms with Gasteiger partial charge in [-0.2, -0.15) is 4.31 Å². The number of sulfonamides is 1. The van der Waals surface area contributed by atoms with E-state index in [1.54, 1.807) is 26.0 Å². The van der Waals surface area contributed by atoms with Gasteiger partial charge >= 0.3 is 0 Å². The van der Waals surface area contributed by atoms with Crippen molar-refractivity contribution < 1.29 is 13.5 Å². The van der Waals surface area contributed by atoms with E-state index in [-0.39, 0.29) is 5.75 Å². The van der Waals surface area contributed by atoms with Gasteiger partial charge in [0.15, 0.2) is 0 Å². The summed E-state index contributed by atoms with van der Waals surface area (Å²) in [6, 6.07) is 5.16. The highest BCUT2D eigenvalue weighted by Crippen LogP contribution is 2.25. The maximum Gasteiger partial charge on any atom is 0.216 e. The van der Waals surface area contributed by atoms with Crippen LogP contribution in [-0.4, -0.2) is 29.6 Å². The SMILES string of the molecule is CC(C)S(=O)(=O)N1CCc2ccc(O)cc2C1. The summed E-state index contributed by atoms with van der Waals surface area (Å²) in [5.41, 5.74) is 2.03. The molecule has 94 valence electrons. The Morgan fingerprint density at radius 2 is 2.00 bits per heavy atom. The largest absolute Gasteiger partial charge is 0.508 e. The number of nitrogens with zero attached hydrogens (tertiary/aromatic N) is 1. The standard InChI is InChI=1S/C12H17NO3S/c1-9(2)17(15,16)13-6-5-10-3-4-12(14)7-11(10)8-13/h3-4,7,9,14H,5-6,8H2,1-2H3. The molecular weight excluding hydrogens is 238 g/mol. The minimum Gasteiger partial charge on any atom is -0.508 e. The number of phenolic OH excluding ortho intramolecular Hbond substituents is 1. The van der Waals surface area contributed by atoms with E-state index in [9.17, 15) is 13.5 Å². The van der Waals surface area contributed by atoms with Crippen LogP contribution in [0.15, 0.2) is 18.2 Å². The first-order valence-electron chi connectivity index (χ1n) is 5.71. The molecule has 2 rings (SSSR count). The van der Waals surface area contributed by atoms with Gasteiger partial charge in [-0.3, -0.25) is 0 Å². The molecule has 0 unspecified atom stereocenters. The number of benzene rings is 1. The maximum atomic E-state index is 12.0. The molecule has 0 aliphatic carbocycles. The first-order valence-corrected chi connectivity index (χ1v) is 7.21. The van der Waals surface area contributed by atoms with Crippen molar-refractivity contribution in [3.05, 3.63) is 29.3 Å². The number of hydrogen-bond acceptors (Lipinski definition) is 3. The first-order chi connectivity index (χ1) is 7.91. The molecule has 1 aliphatic heterocycles. The molecule has 1 aromatic rings. The van der Waals surface area contributed by atoms with Crippen molar-refractivity contribution in [2.75, 3.05) is 6.54 Å². The molecule has 0 bridgehead atoms. The molecule has 0 saturated heterocycles. The van der Waals surface area contributed by atoms with Gasteiger partial charge in [0.05, 0.1) is 5.25 Å². The fourth-order valence-corrected chi connectivity index (χ4v) is 3.29. The molecule has 0 saturated carbocycles. The smallest absolute Gasteiger partial charge is 0.216 e. The summed E-state index contributed by atoms with van der Waals surface area (Å²) in [6.07, 6.45) is 0.710. The summed E-state index contributed by atoms with van der Waals surface area (Å²) in [4.78, 5) is 0. The second-order valence-corrected chi connectivity index (χ2v) is 7.12. The molecule has 4 nitrogen and oxygen atoms in total. The van der Waals surface area contributed by atoms with Gasteiger partial charge in [0.2, 0.25) is 10.0 Å². The van der Waals surface area contributed by atoms with Crippen LogP contribution in [0.3, 0.4) is 0 Å². The van der Waals surface area contributed by atoms with Crippen molar-refractivity contribution in [3.63, 3.8) is 0 Å². The average Bonchev–Trinajstić information content (AvgIpc) is 2.27. The highest BCUT2D eigenvalue weighted by Gasteiger charge is 2.29. The minimum absolute atomic E-state index is 0.188. The van der Waals surface area contributed by atoms with Crippen LogP contribution in [-0.2, 0) is 23.0 Å². The molecule has 0 amide bonds. The van der Waals surface area contributed by atoms with E-state index in [0.29, 0.717) is 19.5 Å².